The van der Waals surface area contributed by atoms with Crippen LogP contribution in [0.2, 0.25) is 0 Å². The molecular weight excluding hydrogens is 348 g/mol. The third-order valence-corrected chi connectivity index (χ3v) is 5.39. The highest BCUT2D eigenvalue weighted by molar-refractivity contribution is 7.09. The molecule has 1 fully saturated rings. The summed E-state index contributed by atoms with van der Waals surface area (Å²) in [7, 11) is 1.71. The van der Waals surface area contributed by atoms with E-state index in [4.69, 9.17) is 4.74 Å². The van der Waals surface area contributed by atoms with E-state index in [0.29, 0.717) is 13.1 Å². The largest absolute Gasteiger partial charge is 0.495 e. The Morgan fingerprint density at radius 2 is 1.92 bits per heavy atom. The van der Waals surface area contributed by atoms with Crippen LogP contribution < -0.4 is 20.3 Å². The van der Waals surface area contributed by atoms with Gasteiger partial charge in [0.2, 0.25) is 0 Å². The van der Waals surface area contributed by atoms with E-state index in [1.165, 1.54) is 0 Å². The number of hydrogen-bond donors (Lipinski definition) is 2. The van der Waals surface area contributed by atoms with Crippen molar-refractivity contribution in [2.45, 2.75) is 6.54 Å². The monoisotopic (exact) mass is 374 g/mol. The molecule has 1 aromatic heterocycles. The van der Waals surface area contributed by atoms with Crippen LogP contribution in [0.15, 0.2) is 41.8 Å². The fraction of sp³-hybridized carbons (Fsp3) is 0.421. The normalized spacial score (nSPS) is 14.9. The second kappa shape index (κ2) is 9.45. The molecule has 2 amide bonds. The number of para-hydroxylation sites is 2. The highest BCUT2D eigenvalue weighted by atomic mass is 32.1. The molecule has 140 valence electrons. The average molecular weight is 375 g/mol. The van der Waals surface area contributed by atoms with Crippen molar-refractivity contribution in [2.24, 2.45) is 0 Å². The van der Waals surface area contributed by atoms with E-state index < -0.39 is 0 Å². The van der Waals surface area contributed by atoms with Gasteiger partial charge in [-0.25, -0.2) is 4.79 Å². The van der Waals surface area contributed by atoms with Gasteiger partial charge in [-0.3, -0.25) is 4.90 Å². The topological polar surface area (TPSA) is 56.8 Å². The number of urea groups is 1. The molecule has 0 aliphatic carbocycles. The zero-order chi connectivity index (χ0) is 18.2. The Morgan fingerprint density at radius 3 is 2.65 bits per heavy atom. The zero-order valence-corrected chi connectivity index (χ0v) is 15.9. The molecule has 1 aromatic carbocycles. The molecule has 0 radical (unpaired) electrons. The first kappa shape index (κ1) is 18.5. The van der Waals surface area contributed by atoms with E-state index >= 15 is 0 Å². The fourth-order valence-corrected chi connectivity index (χ4v) is 3.72. The number of thiophene rings is 1. The number of carbonyl (C=O) groups is 1. The number of nitrogens with one attached hydrogen (secondary N) is 2. The first-order chi connectivity index (χ1) is 12.8. The summed E-state index contributed by atoms with van der Waals surface area (Å²) in [5.41, 5.74) is 1.15. The van der Waals surface area contributed by atoms with Crippen LogP contribution in [0.5, 0.6) is 5.75 Å². The summed E-state index contributed by atoms with van der Waals surface area (Å²) >= 11 is 1.65. The molecule has 0 bridgehead atoms. The number of amides is 2. The van der Waals surface area contributed by atoms with Gasteiger partial charge in [0.15, 0.2) is 0 Å². The van der Waals surface area contributed by atoms with Crippen molar-refractivity contribution in [1.29, 1.82) is 0 Å². The Labute approximate surface area is 158 Å². The number of benzene rings is 1. The minimum absolute atomic E-state index is 0.106. The number of methoxy groups -OCH3 is 1. The van der Waals surface area contributed by atoms with Crippen LogP contribution in [0.3, 0.4) is 0 Å². The third-order valence-electron chi connectivity index (χ3n) is 4.52. The standard InChI is InChI=1S/C19H26N4O2S/c1-25-18-7-3-2-6-17(18)23-12-10-22(11-13-23)9-8-20-19(24)21-15-16-5-4-14-26-16/h2-7,14H,8-13,15H2,1H3,(H2,20,21,24). The van der Waals surface area contributed by atoms with Crippen molar-refractivity contribution in [1.82, 2.24) is 15.5 Å². The highest BCUT2D eigenvalue weighted by Crippen LogP contribution is 2.28. The van der Waals surface area contributed by atoms with E-state index in [2.05, 4.69) is 26.5 Å². The average Bonchev–Trinajstić information content (AvgIpc) is 3.20. The van der Waals surface area contributed by atoms with E-state index in [1.807, 2.05) is 35.7 Å². The molecule has 1 aliphatic heterocycles. The summed E-state index contributed by atoms with van der Waals surface area (Å²) < 4.78 is 5.46. The summed E-state index contributed by atoms with van der Waals surface area (Å²) in [6.45, 7) is 6.00. The number of carbonyl (C=O) groups excluding carboxylic acids is 1. The molecule has 26 heavy (non-hydrogen) atoms. The lowest BCUT2D eigenvalue weighted by Gasteiger charge is -2.36. The Balaban J connectivity index is 1.34. The minimum Gasteiger partial charge on any atom is -0.495 e. The molecule has 3 rings (SSSR count). The van der Waals surface area contributed by atoms with Gasteiger partial charge in [-0.05, 0) is 23.6 Å². The van der Waals surface area contributed by atoms with Gasteiger partial charge in [-0.15, -0.1) is 11.3 Å². The first-order valence-electron chi connectivity index (χ1n) is 8.90. The summed E-state index contributed by atoms with van der Waals surface area (Å²) in [5, 5.41) is 7.83. The van der Waals surface area contributed by atoms with Crippen LogP contribution in [0.1, 0.15) is 4.88 Å². The Hall–Kier alpha value is -2.25. The quantitative estimate of drug-likeness (QED) is 0.781. The third kappa shape index (κ3) is 5.12. The summed E-state index contributed by atoms with van der Waals surface area (Å²) in [6, 6.07) is 12.0. The number of ether oxygens (including phenoxy) is 1. The Morgan fingerprint density at radius 1 is 1.12 bits per heavy atom. The maximum atomic E-state index is 11.8. The van der Waals surface area contributed by atoms with E-state index in [-0.39, 0.29) is 6.03 Å². The van der Waals surface area contributed by atoms with Crippen molar-refractivity contribution in [3.63, 3.8) is 0 Å². The Bertz CT molecular complexity index is 685. The lowest BCUT2D eigenvalue weighted by atomic mass is 10.2. The first-order valence-corrected chi connectivity index (χ1v) is 9.78. The molecule has 0 saturated carbocycles. The SMILES string of the molecule is COc1ccccc1N1CCN(CCNC(=O)NCc2cccs2)CC1. The molecule has 2 N–H and O–H groups in total. The number of anilines is 1. The number of hydrogen-bond acceptors (Lipinski definition) is 5. The van der Waals surface area contributed by atoms with E-state index in [1.54, 1.807) is 18.4 Å². The van der Waals surface area contributed by atoms with E-state index in [0.717, 1.165) is 49.0 Å². The van der Waals surface area contributed by atoms with Gasteiger partial charge in [-0.1, -0.05) is 18.2 Å². The molecule has 2 heterocycles. The molecule has 2 aromatic rings. The predicted molar refractivity (Wildman–Crippen MR) is 106 cm³/mol. The molecule has 0 spiro atoms. The second-order valence-electron chi connectivity index (χ2n) is 6.19. The fourth-order valence-electron chi connectivity index (χ4n) is 3.07. The van der Waals surface area contributed by atoms with Gasteiger partial charge in [-0.2, -0.15) is 0 Å². The van der Waals surface area contributed by atoms with Crippen LogP contribution in [0.25, 0.3) is 0 Å². The lowest BCUT2D eigenvalue weighted by molar-refractivity contribution is 0.231. The van der Waals surface area contributed by atoms with Crippen molar-refractivity contribution >= 4 is 23.1 Å². The maximum absolute atomic E-state index is 11.8. The van der Waals surface area contributed by atoms with Gasteiger partial charge in [0, 0.05) is 44.1 Å². The van der Waals surface area contributed by atoms with Crippen molar-refractivity contribution < 1.29 is 9.53 Å². The second-order valence-corrected chi connectivity index (χ2v) is 7.22. The van der Waals surface area contributed by atoms with Crippen molar-refractivity contribution in [2.75, 3.05) is 51.3 Å². The predicted octanol–water partition coefficient (Wildman–Crippen LogP) is 2.38. The molecule has 0 unspecified atom stereocenters. The van der Waals surface area contributed by atoms with Crippen LogP contribution in [0.4, 0.5) is 10.5 Å². The molecule has 7 heteroatoms. The van der Waals surface area contributed by atoms with Crippen LogP contribution >= 0.6 is 11.3 Å². The van der Waals surface area contributed by atoms with Crippen molar-refractivity contribution in [3.05, 3.63) is 46.7 Å². The summed E-state index contributed by atoms with van der Waals surface area (Å²) in [5.74, 6) is 0.921. The molecule has 0 atom stereocenters. The smallest absolute Gasteiger partial charge is 0.315 e. The zero-order valence-electron chi connectivity index (χ0n) is 15.1. The number of rotatable bonds is 7. The summed E-state index contributed by atoms with van der Waals surface area (Å²) in [4.78, 5) is 17.7. The molecule has 1 saturated heterocycles. The van der Waals surface area contributed by atoms with Crippen LogP contribution in [-0.4, -0.2) is 57.3 Å². The number of piperazine rings is 1. The van der Waals surface area contributed by atoms with Gasteiger partial charge in [0.1, 0.15) is 5.75 Å². The van der Waals surface area contributed by atoms with Crippen molar-refractivity contribution in [3.8, 4) is 5.75 Å². The van der Waals surface area contributed by atoms with Gasteiger partial charge in [0.05, 0.1) is 19.3 Å². The summed E-state index contributed by atoms with van der Waals surface area (Å²) in [6.07, 6.45) is 0. The molecular formula is C19H26N4O2S. The highest BCUT2D eigenvalue weighted by Gasteiger charge is 2.19. The van der Waals surface area contributed by atoms with Gasteiger partial charge < -0.3 is 20.3 Å². The minimum atomic E-state index is -0.106. The van der Waals surface area contributed by atoms with E-state index in [9.17, 15) is 4.79 Å². The Kier molecular flexibility index (Phi) is 6.74. The van der Waals surface area contributed by atoms with Gasteiger partial charge in [0.25, 0.3) is 0 Å². The van der Waals surface area contributed by atoms with Crippen LogP contribution in [0, 0.1) is 0 Å². The molecule has 6 nitrogen and oxygen atoms in total. The lowest BCUT2D eigenvalue weighted by Crippen LogP contribution is -2.49. The molecule has 1 aliphatic rings. The number of nitrogens with zero attached hydrogens (tertiary/aromatic N) is 2. The van der Waals surface area contributed by atoms with Crippen LogP contribution in [-0.2, 0) is 6.54 Å². The maximum Gasteiger partial charge on any atom is 0.315 e. The van der Waals surface area contributed by atoms with Gasteiger partial charge >= 0.3 is 6.03 Å².